The van der Waals surface area contributed by atoms with Gasteiger partial charge in [-0.2, -0.15) is 0 Å². The minimum atomic E-state index is -1.53. The maximum Gasteiger partial charge on any atom is 0.338 e. The van der Waals surface area contributed by atoms with Crippen LogP contribution in [0.1, 0.15) is 28.3 Å². The Morgan fingerprint density at radius 2 is 1.70 bits per heavy atom. The van der Waals surface area contributed by atoms with Crippen LogP contribution < -0.4 is 5.48 Å². The summed E-state index contributed by atoms with van der Waals surface area (Å²) in [5, 5.41) is 22.7. The molecule has 0 saturated carbocycles. The zero-order chi connectivity index (χ0) is 30.1. The normalized spacial score (nSPS) is 20.7. The van der Waals surface area contributed by atoms with E-state index in [0.29, 0.717) is 10.6 Å². The Bertz CT molecular complexity index is 1740. The lowest BCUT2D eigenvalue weighted by Gasteiger charge is -2.26. The lowest BCUT2D eigenvalue weighted by atomic mass is 9.98. The first kappa shape index (κ1) is 28.7. The number of aliphatic hydroxyl groups excluding tert-OH is 2. The molecule has 12 heteroatoms. The number of aliphatic hydroxyl groups is 2. The Morgan fingerprint density at radius 3 is 2.40 bits per heavy atom. The highest BCUT2D eigenvalue weighted by Crippen LogP contribution is 2.40. The number of nitrogens with zero attached hydrogens (tertiary/aromatic N) is 3. The van der Waals surface area contributed by atoms with Crippen molar-refractivity contribution in [2.24, 2.45) is 0 Å². The SMILES string of the molecule is CONc1ncnc2c1c(F)cn2[C@@H]1O[C@H]([C@H](OC(=O)c2ccc(-c3ccccc3)cc2)c2ccc(Cl)cc2)[C@@H](O)[C@H]1O. The van der Waals surface area contributed by atoms with Crippen molar-refractivity contribution in [3.8, 4) is 11.1 Å². The van der Waals surface area contributed by atoms with E-state index in [-0.39, 0.29) is 22.4 Å². The molecule has 43 heavy (non-hydrogen) atoms. The van der Waals surface area contributed by atoms with Crippen LogP contribution in [0.5, 0.6) is 0 Å². The largest absolute Gasteiger partial charge is 0.451 e. The Hall–Kier alpha value is -4.39. The van der Waals surface area contributed by atoms with Gasteiger partial charge in [0.25, 0.3) is 0 Å². The van der Waals surface area contributed by atoms with Crippen LogP contribution >= 0.6 is 11.6 Å². The van der Waals surface area contributed by atoms with Crippen LogP contribution in [0.3, 0.4) is 0 Å². The Morgan fingerprint density at radius 1 is 1.00 bits per heavy atom. The molecule has 1 aliphatic rings. The van der Waals surface area contributed by atoms with Crippen molar-refractivity contribution >= 4 is 34.4 Å². The highest BCUT2D eigenvalue weighted by molar-refractivity contribution is 6.30. The maximum atomic E-state index is 15.0. The first-order valence-electron chi connectivity index (χ1n) is 13.3. The summed E-state index contributed by atoms with van der Waals surface area (Å²) in [6, 6.07) is 23.1. The number of carbonyl (C=O) groups is 1. The molecule has 220 valence electrons. The molecule has 1 fully saturated rings. The minimum Gasteiger partial charge on any atom is -0.451 e. The molecule has 0 bridgehead atoms. The molecule has 3 N–H and O–H groups in total. The Kier molecular flexibility index (Phi) is 8.06. The number of benzene rings is 3. The van der Waals surface area contributed by atoms with Crippen molar-refractivity contribution in [2.75, 3.05) is 12.6 Å². The zero-order valence-corrected chi connectivity index (χ0v) is 23.4. The van der Waals surface area contributed by atoms with E-state index in [9.17, 15) is 15.0 Å². The van der Waals surface area contributed by atoms with Gasteiger partial charge in [0.2, 0.25) is 0 Å². The number of fused-ring (bicyclic) bond motifs is 1. The van der Waals surface area contributed by atoms with Crippen molar-refractivity contribution in [2.45, 2.75) is 30.6 Å². The van der Waals surface area contributed by atoms with Gasteiger partial charge in [-0.3, -0.25) is 4.84 Å². The topological polar surface area (TPSA) is 128 Å². The fourth-order valence-corrected chi connectivity index (χ4v) is 5.29. The molecule has 3 heterocycles. The Balaban J connectivity index is 1.31. The van der Waals surface area contributed by atoms with Gasteiger partial charge in [0.15, 0.2) is 29.6 Å². The third-order valence-electron chi connectivity index (χ3n) is 7.27. The van der Waals surface area contributed by atoms with E-state index in [1.807, 2.05) is 42.5 Å². The first-order valence-corrected chi connectivity index (χ1v) is 13.7. The van der Waals surface area contributed by atoms with Crippen LogP contribution in [0.2, 0.25) is 5.02 Å². The van der Waals surface area contributed by atoms with Crippen LogP contribution in [0, 0.1) is 5.82 Å². The van der Waals surface area contributed by atoms with Crippen molar-refractivity contribution in [3.63, 3.8) is 0 Å². The molecular formula is C31H26ClFN4O6. The van der Waals surface area contributed by atoms with Gasteiger partial charge in [-0.1, -0.05) is 66.2 Å². The molecule has 3 aromatic carbocycles. The van der Waals surface area contributed by atoms with E-state index in [0.717, 1.165) is 17.3 Å². The second kappa shape index (κ2) is 12.1. The maximum absolute atomic E-state index is 15.0. The molecule has 1 saturated heterocycles. The monoisotopic (exact) mass is 604 g/mol. The third-order valence-corrected chi connectivity index (χ3v) is 7.52. The summed E-state index contributed by atoms with van der Waals surface area (Å²) in [7, 11) is 1.35. The highest BCUT2D eigenvalue weighted by atomic mass is 35.5. The van der Waals surface area contributed by atoms with Gasteiger partial charge in [-0.05, 0) is 41.0 Å². The van der Waals surface area contributed by atoms with Gasteiger partial charge in [-0.15, -0.1) is 0 Å². The van der Waals surface area contributed by atoms with Crippen molar-refractivity contribution in [3.05, 3.63) is 113 Å². The molecule has 0 aliphatic carbocycles. The molecule has 6 rings (SSSR count). The summed E-state index contributed by atoms with van der Waals surface area (Å²) in [5.74, 6) is -1.31. The van der Waals surface area contributed by atoms with E-state index in [1.165, 1.54) is 18.0 Å². The fraction of sp³-hybridized carbons (Fsp3) is 0.194. The lowest BCUT2D eigenvalue weighted by Crippen LogP contribution is -2.36. The standard InChI is InChI=1S/C31H26ClFN4O6/c1-41-36-28-23-22(33)15-37(29(23)35-16-34-28)30-25(39)24(38)27(42-30)26(19-11-13-21(32)14-12-19)43-31(40)20-9-7-18(8-10-20)17-5-3-2-4-6-17/h2-16,24-27,30,38-39H,1H3,(H,34,35,36)/t24-,25+,26+,27-,30+/m0/s1. The number of rotatable bonds is 8. The summed E-state index contributed by atoms with van der Waals surface area (Å²) >= 11 is 6.10. The van der Waals surface area contributed by atoms with E-state index in [4.69, 9.17) is 25.9 Å². The van der Waals surface area contributed by atoms with Gasteiger partial charge in [0, 0.05) is 11.2 Å². The van der Waals surface area contributed by atoms with Gasteiger partial charge in [-0.25, -0.2) is 24.6 Å². The molecule has 0 unspecified atom stereocenters. The summed E-state index contributed by atoms with van der Waals surface area (Å²) in [4.78, 5) is 26.4. The van der Waals surface area contributed by atoms with Crippen LogP contribution in [0.4, 0.5) is 10.2 Å². The lowest BCUT2D eigenvalue weighted by molar-refractivity contribution is -0.0917. The molecule has 0 spiro atoms. The molecule has 1 aliphatic heterocycles. The van der Waals surface area contributed by atoms with E-state index in [2.05, 4.69) is 15.4 Å². The quantitative estimate of drug-likeness (QED) is 0.164. The smallest absolute Gasteiger partial charge is 0.338 e. The van der Waals surface area contributed by atoms with Crippen LogP contribution in [-0.4, -0.2) is 56.1 Å². The number of halogens is 2. The second-order valence-corrected chi connectivity index (χ2v) is 10.3. The number of hydrogen-bond acceptors (Lipinski definition) is 9. The van der Waals surface area contributed by atoms with E-state index >= 15 is 4.39 Å². The number of carbonyl (C=O) groups excluding carboxylic acids is 1. The second-order valence-electron chi connectivity index (χ2n) is 9.90. The van der Waals surface area contributed by atoms with Gasteiger partial charge in [0.05, 0.1) is 18.1 Å². The zero-order valence-electron chi connectivity index (χ0n) is 22.7. The average Bonchev–Trinajstić information content (AvgIpc) is 3.52. The van der Waals surface area contributed by atoms with Crippen molar-refractivity contribution in [1.82, 2.24) is 14.5 Å². The number of ether oxygens (including phenoxy) is 2. The predicted octanol–water partition coefficient (Wildman–Crippen LogP) is 5.08. The van der Waals surface area contributed by atoms with E-state index in [1.54, 1.807) is 36.4 Å². The van der Waals surface area contributed by atoms with Gasteiger partial charge < -0.3 is 24.3 Å². The minimum absolute atomic E-state index is 0.00211. The summed E-state index contributed by atoms with van der Waals surface area (Å²) in [5.41, 5.74) is 5.23. The van der Waals surface area contributed by atoms with E-state index < -0.39 is 42.4 Å². The number of esters is 1. The van der Waals surface area contributed by atoms with Crippen LogP contribution in [0.15, 0.2) is 91.4 Å². The highest BCUT2D eigenvalue weighted by Gasteiger charge is 2.49. The average molecular weight is 605 g/mol. The number of hydrogen-bond donors (Lipinski definition) is 3. The van der Waals surface area contributed by atoms with Gasteiger partial charge in [0.1, 0.15) is 24.6 Å². The number of anilines is 1. The Labute approximate surface area is 250 Å². The number of nitrogens with one attached hydrogen (secondary N) is 1. The molecule has 5 aromatic rings. The van der Waals surface area contributed by atoms with Crippen LogP contribution in [-0.2, 0) is 14.3 Å². The predicted molar refractivity (Wildman–Crippen MR) is 156 cm³/mol. The molecule has 5 atom stereocenters. The molecule has 10 nitrogen and oxygen atoms in total. The fourth-order valence-electron chi connectivity index (χ4n) is 5.16. The molecule has 0 amide bonds. The summed E-state index contributed by atoms with van der Waals surface area (Å²) < 4.78 is 28.4. The number of aromatic nitrogens is 3. The van der Waals surface area contributed by atoms with Crippen molar-refractivity contribution < 1.29 is 33.7 Å². The third kappa shape index (κ3) is 5.56. The molecular weight excluding hydrogens is 579 g/mol. The van der Waals surface area contributed by atoms with Gasteiger partial charge >= 0.3 is 5.97 Å². The van der Waals surface area contributed by atoms with Crippen LogP contribution in [0.25, 0.3) is 22.2 Å². The summed E-state index contributed by atoms with van der Waals surface area (Å²) in [6.45, 7) is 0. The van der Waals surface area contributed by atoms with Crippen molar-refractivity contribution in [1.29, 1.82) is 0 Å². The summed E-state index contributed by atoms with van der Waals surface area (Å²) in [6.07, 6.45) is -4.48. The first-order chi connectivity index (χ1) is 20.9. The molecule has 0 radical (unpaired) electrons. The molecule has 2 aromatic heterocycles.